The maximum absolute atomic E-state index is 12.2. The Morgan fingerprint density at radius 2 is 1.83 bits per heavy atom. The average Bonchev–Trinajstić information content (AvgIpc) is 2.80. The second-order valence-corrected chi connectivity index (χ2v) is 6.95. The number of hydrogen-bond acceptors (Lipinski definition) is 3. The SMILES string of the molecule is CN(CCCc1ccccc1)CN1C(=O)C(=O)c2ccc(Br)cc21. The molecule has 0 radical (unpaired) electrons. The van der Waals surface area contributed by atoms with Gasteiger partial charge in [0, 0.05) is 4.47 Å². The quantitative estimate of drug-likeness (QED) is 0.713. The fourth-order valence-corrected chi connectivity index (χ4v) is 3.27. The Kier molecular flexibility index (Phi) is 5.11. The van der Waals surface area contributed by atoms with Gasteiger partial charge in [0.15, 0.2) is 0 Å². The molecule has 5 heteroatoms. The summed E-state index contributed by atoms with van der Waals surface area (Å²) in [7, 11) is 1.97. The number of aryl methyl sites for hydroxylation is 1. The van der Waals surface area contributed by atoms with Crippen LogP contribution in [0.25, 0.3) is 0 Å². The van der Waals surface area contributed by atoms with Gasteiger partial charge in [-0.15, -0.1) is 0 Å². The van der Waals surface area contributed by atoms with E-state index in [4.69, 9.17) is 0 Å². The third kappa shape index (κ3) is 3.57. The zero-order valence-electron chi connectivity index (χ0n) is 13.5. The predicted octanol–water partition coefficient (Wildman–Crippen LogP) is 3.50. The summed E-state index contributed by atoms with van der Waals surface area (Å²) in [5.74, 6) is -0.867. The van der Waals surface area contributed by atoms with Crippen molar-refractivity contribution in [2.45, 2.75) is 12.8 Å². The van der Waals surface area contributed by atoms with Crippen LogP contribution in [0.15, 0.2) is 53.0 Å². The highest BCUT2D eigenvalue weighted by molar-refractivity contribution is 9.10. The fourth-order valence-electron chi connectivity index (χ4n) is 2.92. The first-order valence-electron chi connectivity index (χ1n) is 7.94. The second kappa shape index (κ2) is 7.28. The van der Waals surface area contributed by atoms with Gasteiger partial charge in [-0.3, -0.25) is 19.4 Å². The first-order valence-corrected chi connectivity index (χ1v) is 8.74. The van der Waals surface area contributed by atoms with Gasteiger partial charge in [-0.2, -0.15) is 0 Å². The van der Waals surface area contributed by atoms with Gasteiger partial charge in [-0.1, -0.05) is 46.3 Å². The molecule has 24 heavy (non-hydrogen) atoms. The van der Waals surface area contributed by atoms with Gasteiger partial charge in [-0.25, -0.2) is 0 Å². The van der Waals surface area contributed by atoms with E-state index in [0.717, 1.165) is 23.9 Å². The lowest BCUT2D eigenvalue weighted by molar-refractivity contribution is -0.114. The first-order chi connectivity index (χ1) is 11.6. The Hall–Kier alpha value is -1.98. The summed E-state index contributed by atoms with van der Waals surface area (Å²) >= 11 is 3.40. The van der Waals surface area contributed by atoms with Crippen LogP contribution in [0.4, 0.5) is 5.69 Å². The number of nitrogens with zero attached hydrogens (tertiary/aromatic N) is 2. The molecule has 124 valence electrons. The molecular formula is C19H19BrN2O2. The van der Waals surface area contributed by atoms with Crippen molar-refractivity contribution in [2.75, 3.05) is 25.2 Å². The smallest absolute Gasteiger partial charge is 0.291 e. The molecule has 0 saturated carbocycles. The van der Waals surface area contributed by atoms with Gasteiger partial charge in [0.25, 0.3) is 5.78 Å². The number of carbonyl (C=O) groups is 2. The highest BCUT2D eigenvalue weighted by Gasteiger charge is 2.36. The van der Waals surface area contributed by atoms with Gasteiger partial charge >= 0.3 is 5.91 Å². The molecule has 2 aromatic carbocycles. The number of ketones is 1. The number of carbonyl (C=O) groups excluding carboxylic acids is 2. The molecule has 1 aliphatic heterocycles. The van der Waals surface area contributed by atoms with E-state index >= 15 is 0 Å². The first kappa shape index (κ1) is 16.9. The molecule has 0 aromatic heterocycles. The lowest BCUT2D eigenvalue weighted by Crippen LogP contribution is -2.39. The standard InChI is InChI=1S/C19H19BrN2O2/c1-21(11-5-8-14-6-3-2-4-7-14)13-22-17-12-15(20)9-10-16(17)18(23)19(22)24/h2-4,6-7,9-10,12H,5,8,11,13H2,1H3. The van der Waals surface area contributed by atoms with E-state index in [1.165, 1.54) is 5.56 Å². The van der Waals surface area contributed by atoms with Crippen LogP contribution in [0.3, 0.4) is 0 Å². The number of amides is 1. The number of rotatable bonds is 6. The largest absolute Gasteiger partial charge is 0.300 e. The van der Waals surface area contributed by atoms with Crippen molar-refractivity contribution in [1.82, 2.24) is 4.90 Å². The Morgan fingerprint density at radius 1 is 1.08 bits per heavy atom. The third-order valence-electron chi connectivity index (χ3n) is 4.17. The molecule has 0 aliphatic carbocycles. The van der Waals surface area contributed by atoms with Crippen molar-refractivity contribution in [3.05, 3.63) is 64.1 Å². The summed E-state index contributed by atoms with van der Waals surface area (Å²) in [5.41, 5.74) is 2.49. The minimum atomic E-state index is -0.446. The number of Topliss-reactive ketones (excluding diaryl/α,β-unsaturated/α-hetero) is 1. The van der Waals surface area contributed by atoms with Crippen LogP contribution in [0, 0.1) is 0 Å². The zero-order valence-corrected chi connectivity index (χ0v) is 15.1. The van der Waals surface area contributed by atoms with E-state index in [9.17, 15) is 9.59 Å². The predicted molar refractivity (Wildman–Crippen MR) is 98.2 cm³/mol. The van der Waals surface area contributed by atoms with Crippen molar-refractivity contribution in [2.24, 2.45) is 0 Å². The zero-order chi connectivity index (χ0) is 17.1. The van der Waals surface area contributed by atoms with Crippen molar-refractivity contribution in [3.8, 4) is 0 Å². The van der Waals surface area contributed by atoms with E-state index in [1.807, 2.05) is 31.3 Å². The van der Waals surface area contributed by atoms with Crippen LogP contribution < -0.4 is 4.90 Å². The molecule has 4 nitrogen and oxygen atoms in total. The van der Waals surface area contributed by atoms with E-state index in [1.54, 1.807) is 17.0 Å². The Balaban J connectivity index is 1.60. The van der Waals surface area contributed by atoms with Crippen LogP contribution in [-0.4, -0.2) is 36.9 Å². The van der Waals surface area contributed by atoms with Crippen LogP contribution in [-0.2, 0) is 11.2 Å². The molecular weight excluding hydrogens is 368 g/mol. The molecule has 0 spiro atoms. The van der Waals surface area contributed by atoms with Crippen LogP contribution in [0.5, 0.6) is 0 Å². The highest BCUT2D eigenvalue weighted by Crippen LogP contribution is 2.31. The van der Waals surface area contributed by atoms with Crippen LogP contribution >= 0.6 is 15.9 Å². The average molecular weight is 387 g/mol. The Labute approximate surface area is 150 Å². The normalized spacial score (nSPS) is 13.7. The molecule has 1 heterocycles. The number of fused-ring (bicyclic) bond motifs is 1. The fraction of sp³-hybridized carbons (Fsp3) is 0.263. The molecule has 2 aromatic rings. The molecule has 0 bridgehead atoms. The number of anilines is 1. The summed E-state index contributed by atoms with van der Waals surface area (Å²) < 4.78 is 0.862. The number of hydrogen-bond donors (Lipinski definition) is 0. The van der Waals surface area contributed by atoms with Gasteiger partial charge in [0.2, 0.25) is 0 Å². The van der Waals surface area contributed by atoms with Crippen molar-refractivity contribution in [3.63, 3.8) is 0 Å². The van der Waals surface area contributed by atoms with Crippen molar-refractivity contribution in [1.29, 1.82) is 0 Å². The molecule has 0 fully saturated rings. The third-order valence-corrected chi connectivity index (χ3v) is 4.66. The van der Waals surface area contributed by atoms with Gasteiger partial charge in [-0.05, 0) is 50.2 Å². The summed E-state index contributed by atoms with van der Waals surface area (Å²) in [6.07, 6.45) is 2.00. The minimum Gasteiger partial charge on any atom is -0.291 e. The maximum Gasteiger partial charge on any atom is 0.300 e. The monoisotopic (exact) mass is 386 g/mol. The maximum atomic E-state index is 12.2. The van der Waals surface area contributed by atoms with E-state index in [-0.39, 0.29) is 0 Å². The lowest BCUT2D eigenvalue weighted by Gasteiger charge is -2.24. The minimum absolute atomic E-state index is 0.419. The second-order valence-electron chi connectivity index (χ2n) is 6.03. The molecule has 0 N–H and O–H groups in total. The summed E-state index contributed by atoms with van der Waals surface area (Å²) in [6, 6.07) is 15.7. The van der Waals surface area contributed by atoms with Crippen LogP contribution in [0.2, 0.25) is 0 Å². The molecule has 0 saturated heterocycles. The topological polar surface area (TPSA) is 40.6 Å². The summed E-state index contributed by atoms with van der Waals surface area (Å²) in [4.78, 5) is 27.9. The van der Waals surface area contributed by atoms with Gasteiger partial charge in [0.1, 0.15) is 0 Å². The summed E-state index contributed by atoms with van der Waals surface area (Å²) in [6.45, 7) is 1.28. The van der Waals surface area contributed by atoms with Gasteiger partial charge < -0.3 is 0 Å². The Bertz CT molecular complexity index is 761. The molecule has 0 atom stereocenters. The Morgan fingerprint density at radius 3 is 2.58 bits per heavy atom. The lowest BCUT2D eigenvalue weighted by atomic mass is 10.1. The van der Waals surface area contributed by atoms with Gasteiger partial charge in [0.05, 0.1) is 17.9 Å². The number of halogens is 1. The molecule has 1 aliphatic rings. The van der Waals surface area contributed by atoms with E-state index < -0.39 is 11.7 Å². The van der Waals surface area contributed by atoms with E-state index in [2.05, 4.69) is 33.0 Å². The molecule has 3 rings (SSSR count). The van der Waals surface area contributed by atoms with Crippen LogP contribution in [0.1, 0.15) is 22.3 Å². The highest BCUT2D eigenvalue weighted by atomic mass is 79.9. The van der Waals surface area contributed by atoms with E-state index in [0.29, 0.717) is 17.9 Å². The molecule has 1 amide bonds. The summed E-state index contributed by atoms with van der Waals surface area (Å²) in [5, 5.41) is 0. The molecule has 0 unspecified atom stereocenters. The number of benzene rings is 2. The van der Waals surface area contributed by atoms with Crippen molar-refractivity contribution >= 4 is 33.3 Å². The van der Waals surface area contributed by atoms with Crippen molar-refractivity contribution < 1.29 is 9.59 Å².